The van der Waals surface area contributed by atoms with Crippen molar-refractivity contribution in [3.8, 4) is 0 Å². The van der Waals surface area contributed by atoms with Gasteiger partial charge in [-0.3, -0.25) is 9.59 Å². The van der Waals surface area contributed by atoms with Crippen molar-refractivity contribution in [3.63, 3.8) is 0 Å². The number of hydrogen-bond donors (Lipinski definition) is 1. The fourth-order valence-corrected chi connectivity index (χ4v) is 3.06. The van der Waals surface area contributed by atoms with Crippen LogP contribution in [-0.2, 0) is 14.3 Å². The zero-order valence-corrected chi connectivity index (χ0v) is 18.1. The second-order valence-electron chi connectivity index (χ2n) is 9.01. The molecule has 0 aromatic carbocycles. The lowest BCUT2D eigenvalue weighted by molar-refractivity contribution is -0.175. The quantitative estimate of drug-likeness (QED) is 0.297. The highest BCUT2D eigenvalue weighted by atomic mass is 16.5. The van der Waals surface area contributed by atoms with Crippen LogP contribution in [-0.4, -0.2) is 23.1 Å². The minimum Gasteiger partial charge on any atom is -0.480 e. The zero-order valence-electron chi connectivity index (χ0n) is 18.1. The Hall–Kier alpha value is -1.06. The second-order valence-corrected chi connectivity index (χ2v) is 9.01. The van der Waals surface area contributed by atoms with Gasteiger partial charge in [-0.15, -0.1) is 0 Å². The normalized spacial score (nSPS) is 13.5. The van der Waals surface area contributed by atoms with Crippen molar-refractivity contribution in [2.45, 2.75) is 106 Å². The molecule has 0 saturated carbocycles. The molecule has 0 saturated heterocycles. The Morgan fingerprint density at radius 3 is 1.65 bits per heavy atom. The molecule has 0 amide bonds. The van der Waals surface area contributed by atoms with Crippen molar-refractivity contribution >= 4 is 11.9 Å². The Kier molecular flexibility index (Phi) is 11.8. The van der Waals surface area contributed by atoms with E-state index in [4.69, 9.17) is 4.74 Å². The largest absolute Gasteiger partial charge is 0.480 e. The van der Waals surface area contributed by atoms with Crippen LogP contribution in [0.15, 0.2) is 0 Å². The number of carbonyl (C=O) groups excluding carboxylic acids is 1. The highest BCUT2D eigenvalue weighted by Gasteiger charge is 2.47. The summed E-state index contributed by atoms with van der Waals surface area (Å²) in [6, 6.07) is 0. The van der Waals surface area contributed by atoms with E-state index in [0.717, 1.165) is 25.7 Å². The second kappa shape index (κ2) is 12.3. The lowest BCUT2D eigenvalue weighted by Crippen LogP contribution is -2.43. The van der Waals surface area contributed by atoms with E-state index >= 15 is 0 Å². The molecule has 4 nitrogen and oxygen atoms in total. The molecule has 26 heavy (non-hydrogen) atoms. The van der Waals surface area contributed by atoms with Crippen molar-refractivity contribution in [1.29, 1.82) is 0 Å². The predicted molar refractivity (Wildman–Crippen MR) is 107 cm³/mol. The Morgan fingerprint density at radius 1 is 0.846 bits per heavy atom. The predicted octanol–water partition coefficient (Wildman–Crippen LogP) is 6.08. The number of esters is 1. The van der Waals surface area contributed by atoms with Gasteiger partial charge in [0, 0.05) is 0 Å². The summed E-state index contributed by atoms with van der Waals surface area (Å²) in [6.45, 7) is 14.6. The minimum absolute atomic E-state index is 0.182. The molecule has 0 bridgehead atoms. The van der Waals surface area contributed by atoms with Crippen LogP contribution in [0.25, 0.3) is 0 Å². The minimum atomic E-state index is -1.40. The highest BCUT2D eigenvalue weighted by molar-refractivity contribution is 5.99. The average molecular weight is 371 g/mol. The lowest BCUT2D eigenvalue weighted by atomic mass is 9.76. The molecule has 0 aromatic rings. The lowest BCUT2D eigenvalue weighted by Gasteiger charge is -2.30. The summed E-state index contributed by atoms with van der Waals surface area (Å²) in [4.78, 5) is 25.2. The summed E-state index contributed by atoms with van der Waals surface area (Å²) in [5, 5.41) is 9.95. The van der Waals surface area contributed by atoms with Crippen LogP contribution < -0.4 is 0 Å². The summed E-state index contributed by atoms with van der Waals surface area (Å²) >= 11 is 0. The van der Waals surface area contributed by atoms with E-state index in [-0.39, 0.29) is 6.10 Å². The summed E-state index contributed by atoms with van der Waals surface area (Å²) in [5.41, 5.74) is -1.40. The summed E-state index contributed by atoms with van der Waals surface area (Å²) in [7, 11) is 0. The molecule has 1 unspecified atom stereocenters. The Morgan fingerprint density at radius 2 is 1.31 bits per heavy atom. The third kappa shape index (κ3) is 9.05. The maximum absolute atomic E-state index is 13.0. The first-order chi connectivity index (χ1) is 12.0. The smallest absolute Gasteiger partial charge is 0.323 e. The van der Waals surface area contributed by atoms with Gasteiger partial charge in [0.2, 0.25) is 0 Å². The monoisotopic (exact) mass is 370 g/mol. The highest BCUT2D eigenvalue weighted by Crippen LogP contribution is 2.36. The van der Waals surface area contributed by atoms with Crippen molar-refractivity contribution in [1.82, 2.24) is 0 Å². The molecule has 0 aliphatic rings. The molecule has 0 radical (unpaired) electrons. The SMILES string of the molecule is CCC(CCCC(C)C)OC(=O)C(CCC(C)C)(CCC(C)C)C(=O)O. The average Bonchev–Trinajstić information content (AvgIpc) is 2.52. The van der Waals surface area contributed by atoms with E-state index < -0.39 is 17.4 Å². The number of carboxylic acid groups (broad SMARTS) is 1. The summed E-state index contributed by atoms with van der Waals surface area (Å²) in [5.74, 6) is -0.218. The van der Waals surface area contributed by atoms with E-state index in [1.807, 2.05) is 6.92 Å². The first kappa shape index (κ1) is 24.9. The molecular weight excluding hydrogens is 328 g/mol. The third-order valence-electron chi connectivity index (χ3n) is 5.13. The van der Waals surface area contributed by atoms with Gasteiger partial charge >= 0.3 is 11.9 Å². The van der Waals surface area contributed by atoms with Gasteiger partial charge in [0.25, 0.3) is 0 Å². The molecular formula is C22H42O4. The molecule has 0 spiro atoms. The van der Waals surface area contributed by atoms with Gasteiger partial charge in [0.15, 0.2) is 5.41 Å². The molecule has 0 fully saturated rings. The van der Waals surface area contributed by atoms with Gasteiger partial charge in [-0.05, 0) is 62.7 Å². The van der Waals surface area contributed by atoms with Gasteiger partial charge in [0.1, 0.15) is 6.10 Å². The molecule has 1 N–H and O–H groups in total. The van der Waals surface area contributed by atoms with E-state index in [0.29, 0.717) is 43.4 Å². The molecule has 0 aliphatic carbocycles. The van der Waals surface area contributed by atoms with Gasteiger partial charge in [0.05, 0.1) is 0 Å². The maximum atomic E-state index is 13.0. The van der Waals surface area contributed by atoms with Crippen LogP contribution in [0.4, 0.5) is 0 Å². The molecule has 154 valence electrons. The zero-order chi connectivity index (χ0) is 20.3. The van der Waals surface area contributed by atoms with Gasteiger partial charge in [-0.25, -0.2) is 0 Å². The standard InChI is InChI=1S/C22H42O4/c1-8-19(11-9-10-16(2)3)26-21(25)22(20(23)24,14-12-17(4)5)15-13-18(6)7/h16-19H,8-15H2,1-7H3,(H,23,24). The molecule has 0 aromatic heterocycles. The van der Waals surface area contributed by atoms with Gasteiger partial charge < -0.3 is 9.84 Å². The van der Waals surface area contributed by atoms with Crippen LogP contribution >= 0.6 is 0 Å². The molecule has 1 atom stereocenters. The Bertz CT molecular complexity index is 400. The number of ether oxygens (including phenoxy) is 1. The number of hydrogen-bond acceptors (Lipinski definition) is 3. The molecule has 0 aliphatic heterocycles. The van der Waals surface area contributed by atoms with Gasteiger partial charge in [-0.1, -0.05) is 54.9 Å². The van der Waals surface area contributed by atoms with E-state index in [2.05, 4.69) is 41.5 Å². The fraction of sp³-hybridized carbons (Fsp3) is 0.909. The number of carbonyl (C=O) groups is 2. The summed E-state index contributed by atoms with van der Waals surface area (Å²) < 4.78 is 5.75. The summed E-state index contributed by atoms with van der Waals surface area (Å²) in [6.07, 6.45) is 5.59. The number of rotatable bonds is 14. The Balaban J connectivity index is 5.22. The van der Waals surface area contributed by atoms with Crippen molar-refractivity contribution in [2.75, 3.05) is 0 Å². The van der Waals surface area contributed by atoms with Gasteiger partial charge in [-0.2, -0.15) is 0 Å². The van der Waals surface area contributed by atoms with Crippen LogP contribution in [0.5, 0.6) is 0 Å². The van der Waals surface area contributed by atoms with Crippen molar-refractivity contribution < 1.29 is 19.4 Å². The Labute approximate surface area is 161 Å². The number of aliphatic carboxylic acids is 1. The van der Waals surface area contributed by atoms with Crippen LogP contribution in [0.3, 0.4) is 0 Å². The first-order valence-corrected chi connectivity index (χ1v) is 10.5. The van der Waals surface area contributed by atoms with Crippen LogP contribution in [0.1, 0.15) is 99.8 Å². The van der Waals surface area contributed by atoms with Crippen LogP contribution in [0, 0.1) is 23.2 Å². The van der Waals surface area contributed by atoms with E-state index in [1.54, 1.807) is 0 Å². The molecule has 0 heterocycles. The van der Waals surface area contributed by atoms with E-state index in [1.165, 1.54) is 0 Å². The number of carboxylic acids is 1. The molecule has 4 heteroatoms. The third-order valence-corrected chi connectivity index (χ3v) is 5.13. The van der Waals surface area contributed by atoms with Crippen molar-refractivity contribution in [3.05, 3.63) is 0 Å². The van der Waals surface area contributed by atoms with E-state index in [9.17, 15) is 14.7 Å². The van der Waals surface area contributed by atoms with Crippen molar-refractivity contribution in [2.24, 2.45) is 23.2 Å². The maximum Gasteiger partial charge on any atom is 0.323 e. The molecule has 0 rings (SSSR count). The van der Waals surface area contributed by atoms with Crippen LogP contribution in [0.2, 0.25) is 0 Å². The fourth-order valence-electron chi connectivity index (χ4n) is 3.06. The first-order valence-electron chi connectivity index (χ1n) is 10.5. The topological polar surface area (TPSA) is 63.6 Å².